The standard InChI is InChI=1S/C54H47N5/c1-38(40-18-8-3-9-19-40)48(36-55)50(42-20-10-4-11-21-42)57-39(2)41-26-30-46(31-27-41)54(34-16-7-17-35-54)47-32-28-45(29-33-47)53-58-51(43-22-12-5-13-23-43)49(37-56)52(59-53)44-24-14-6-15-25-44/h3,5-6,8-10,12-15,18-33,39H,4,7,11,16-17,34-35H2,1-2H3/b48-38+,57-50?. The number of nitriles is 2. The van der Waals surface area contributed by atoms with E-state index in [1.165, 1.54) is 30.4 Å². The number of nitrogens with zero attached hydrogens (tertiary/aromatic N) is 5. The van der Waals surface area contributed by atoms with E-state index in [0.717, 1.165) is 70.4 Å². The SMILES string of the molecule is C/C(=C(/C#N)C(=NC(C)c1ccc(C2(c3ccc(-c4nc(-c5ccccc5)c(C#N)c(-c5ccccc5)n4)cc3)CCCCC2)cc1)C1=CCCC=C1)c1ccccc1. The Hall–Kier alpha value is -6.95. The van der Waals surface area contributed by atoms with E-state index >= 15 is 0 Å². The molecule has 5 aromatic carbocycles. The molecule has 288 valence electrons. The van der Waals surface area contributed by atoms with Gasteiger partial charge in [0, 0.05) is 22.1 Å². The van der Waals surface area contributed by atoms with Crippen LogP contribution in [-0.4, -0.2) is 15.7 Å². The molecule has 0 amide bonds. The number of hydrogen-bond donors (Lipinski definition) is 0. The Morgan fingerprint density at radius 3 is 1.75 bits per heavy atom. The molecule has 1 atom stereocenters. The molecular weight excluding hydrogens is 719 g/mol. The van der Waals surface area contributed by atoms with Crippen LogP contribution in [0.15, 0.2) is 174 Å². The number of rotatable bonds is 10. The molecule has 1 unspecified atom stereocenters. The summed E-state index contributed by atoms with van der Waals surface area (Å²) in [5.41, 5.74) is 12.3. The average Bonchev–Trinajstić information content (AvgIpc) is 3.32. The van der Waals surface area contributed by atoms with Crippen LogP contribution >= 0.6 is 0 Å². The molecule has 1 saturated carbocycles. The van der Waals surface area contributed by atoms with Crippen LogP contribution in [0.25, 0.3) is 39.5 Å². The van der Waals surface area contributed by atoms with Crippen molar-refractivity contribution < 1.29 is 0 Å². The predicted molar refractivity (Wildman–Crippen MR) is 240 cm³/mol. The lowest BCUT2D eigenvalue weighted by molar-refractivity contribution is 0.346. The van der Waals surface area contributed by atoms with Crippen molar-refractivity contribution in [2.75, 3.05) is 0 Å². The first kappa shape index (κ1) is 38.9. The van der Waals surface area contributed by atoms with Crippen LogP contribution in [-0.2, 0) is 5.41 Å². The lowest BCUT2D eigenvalue weighted by Crippen LogP contribution is -2.30. The largest absolute Gasteiger partial charge is 0.276 e. The van der Waals surface area contributed by atoms with E-state index < -0.39 is 0 Å². The van der Waals surface area contributed by atoms with Crippen molar-refractivity contribution in [3.8, 4) is 46.0 Å². The van der Waals surface area contributed by atoms with Crippen LogP contribution in [0.4, 0.5) is 0 Å². The lowest BCUT2D eigenvalue weighted by atomic mass is 9.65. The van der Waals surface area contributed by atoms with Crippen molar-refractivity contribution in [3.05, 3.63) is 197 Å². The van der Waals surface area contributed by atoms with E-state index in [9.17, 15) is 10.5 Å². The van der Waals surface area contributed by atoms with Crippen molar-refractivity contribution in [3.63, 3.8) is 0 Å². The molecule has 6 aromatic rings. The van der Waals surface area contributed by atoms with Crippen LogP contribution in [0.5, 0.6) is 0 Å². The molecular formula is C54H47N5. The molecule has 0 saturated heterocycles. The summed E-state index contributed by atoms with van der Waals surface area (Å²) in [4.78, 5) is 15.4. The van der Waals surface area contributed by atoms with E-state index in [1.807, 2.05) is 85.8 Å². The minimum Gasteiger partial charge on any atom is -0.276 e. The van der Waals surface area contributed by atoms with E-state index in [4.69, 9.17) is 15.0 Å². The molecule has 0 N–H and O–H groups in total. The fourth-order valence-electron chi connectivity index (χ4n) is 8.71. The van der Waals surface area contributed by atoms with Gasteiger partial charge in [0.25, 0.3) is 0 Å². The first-order chi connectivity index (χ1) is 29.0. The molecule has 0 spiro atoms. The summed E-state index contributed by atoms with van der Waals surface area (Å²) in [6.07, 6.45) is 14.1. The second kappa shape index (κ2) is 17.7. The van der Waals surface area contributed by atoms with Gasteiger partial charge in [-0.15, -0.1) is 0 Å². The van der Waals surface area contributed by atoms with Gasteiger partial charge in [0.1, 0.15) is 17.7 Å². The molecule has 8 rings (SSSR count). The van der Waals surface area contributed by atoms with Gasteiger partial charge in [0.05, 0.1) is 28.7 Å². The van der Waals surface area contributed by atoms with Gasteiger partial charge < -0.3 is 0 Å². The zero-order chi connectivity index (χ0) is 40.6. The quantitative estimate of drug-likeness (QED) is 0.103. The Kier molecular flexibility index (Phi) is 11.7. The van der Waals surface area contributed by atoms with Gasteiger partial charge >= 0.3 is 0 Å². The molecule has 0 bridgehead atoms. The summed E-state index contributed by atoms with van der Waals surface area (Å²) in [6, 6.07) is 52.6. The lowest BCUT2D eigenvalue weighted by Gasteiger charge is -2.39. The van der Waals surface area contributed by atoms with Crippen LogP contribution < -0.4 is 0 Å². The first-order valence-corrected chi connectivity index (χ1v) is 20.7. The van der Waals surface area contributed by atoms with Crippen LogP contribution in [0.2, 0.25) is 0 Å². The number of allylic oxidation sites excluding steroid dienone is 6. The number of aliphatic imine (C=N–C) groups is 1. The van der Waals surface area contributed by atoms with Crippen molar-refractivity contribution in [1.29, 1.82) is 10.5 Å². The summed E-state index contributed by atoms with van der Waals surface area (Å²) < 4.78 is 0. The highest BCUT2D eigenvalue weighted by molar-refractivity contribution is 6.20. The van der Waals surface area contributed by atoms with Crippen molar-refractivity contribution in [2.24, 2.45) is 4.99 Å². The zero-order valence-electron chi connectivity index (χ0n) is 33.8. The van der Waals surface area contributed by atoms with E-state index in [0.29, 0.717) is 28.3 Å². The first-order valence-electron chi connectivity index (χ1n) is 20.7. The third-order valence-corrected chi connectivity index (χ3v) is 12.0. The molecule has 5 heteroatoms. The summed E-state index contributed by atoms with van der Waals surface area (Å²) in [6.45, 7) is 4.15. The van der Waals surface area contributed by atoms with Gasteiger partial charge in [-0.25, -0.2) is 9.97 Å². The second-order valence-corrected chi connectivity index (χ2v) is 15.6. The van der Waals surface area contributed by atoms with Gasteiger partial charge in [0.15, 0.2) is 5.82 Å². The maximum atomic E-state index is 10.5. The molecule has 2 aliphatic rings. The predicted octanol–water partition coefficient (Wildman–Crippen LogP) is 13.4. The highest BCUT2D eigenvalue weighted by atomic mass is 14.9. The van der Waals surface area contributed by atoms with Gasteiger partial charge in [-0.1, -0.05) is 177 Å². The minimum atomic E-state index is -0.155. The topological polar surface area (TPSA) is 85.7 Å². The highest BCUT2D eigenvalue weighted by Crippen LogP contribution is 2.46. The smallest absolute Gasteiger partial charge is 0.160 e. The Balaban J connectivity index is 1.14. The van der Waals surface area contributed by atoms with E-state index in [1.54, 1.807) is 0 Å². The number of benzene rings is 5. The fraction of sp³-hybridized carbons (Fsp3) is 0.204. The third kappa shape index (κ3) is 8.11. The molecule has 5 nitrogen and oxygen atoms in total. The van der Waals surface area contributed by atoms with Gasteiger partial charge in [-0.05, 0) is 72.9 Å². The summed E-state index contributed by atoms with van der Waals surface area (Å²) >= 11 is 0. The second-order valence-electron chi connectivity index (χ2n) is 15.6. The summed E-state index contributed by atoms with van der Waals surface area (Å²) in [5.74, 6) is 0.594. The highest BCUT2D eigenvalue weighted by Gasteiger charge is 2.36. The molecule has 2 aliphatic carbocycles. The van der Waals surface area contributed by atoms with Crippen LogP contribution in [0, 0.1) is 22.7 Å². The van der Waals surface area contributed by atoms with Gasteiger partial charge in [-0.2, -0.15) is 10.5 Å². The van der Waals surface area contributed by atoms with Crippen molar-refractivity contribution >= 4 is 11.3 Å². The minimum absolute atomic E-state index is 0.121. The maximum Gasteiger partial charge on any atom is 0.160 e. The Morgan fingerprint density at radius 1 is 0.661 bits per heavy atom. The van der Waals surface area contributed by atoms with Gasteiger partial charge in [0.2, 0.25) is 0 Å². The maximum absolute atomic E-state index is 10.5. The van der Waals surface area contributed by atoms with Crippen molar-refractivity contribution in [2.45, 2.75) is 70.3 Å². The Labute approximate surface area is 348 Å². The monoisotopic (exact) mass is 765 g/mol. The van der Waals surface area contributed by atoms with Crippen molar-refractivity contribution in [1.82, 2.24) is 9.97 Å². The molecule has 1 fully saturated rings. The number of aromatic nitrogens is 2. The molecule has 59 heavy (non-hydrogen) atoms. The third-order valence-electron chi connectivity index (χ3n) is 12.0. The molecule has 0 radical (unpaired) electrons. The van der Waals surface area contributed by atoms with Gasteiger partial charge in [-0.3, -0.25) is 4.99 Å². The fourth-order valence-corrected chi connectivity index (χ4v) is 8.71. The normalized spacial score (nSPS) is 15.9. The molecule has 1 heterocycles. The molecule has 0 aliphatic heterocycles. The Bertz CT molecular complexity index is 2570. The van der Waals surface area contributed by atoms with Crippen LogP contribution in [0.1, 0.15) is 92.7 Å². The van der Waals surface area contributed by atoms with E-state index in [2.05, 4.69) is 98.0 Å². The summed E-state index contributed by atoms with van der Waals surface area (Å²) in [5, 5.41) is 20.9. The number of hydrogen-bond acceptors (Lipinski definition) is 5. The Morgan fingerprint density at radius 2 is 1.22 bits per heavy atom. The molecule has 1 aromatic heterocycles. The average molecular weight is 766 g/mol. The van der Waals surface area contributed by atoms with Crippen LogP contribution in [0.3, 0.4) is 0 Å². The van der Waals surface area contributed by atoms with E-state index in [-0.39, 0.29) is 11.5 Å². The summed E-state index contributed by atoms with van der Waals surface area (Å²) in [7, 11) is 0. The zero-order valence-corrected chi connectivity index (χ0v) is 33.8.